The van der Waals surface area contributed by atoms with Crippen LogP contribution in [0.15, 0.2) is 0 Å². The number of aliphatic hydroxyl groups excluding tert-OH is 2. The number of fused-ring (bicyclic) bond motifs is 5. The van der Waals surface area contributed by atoms with Gasteiger partial charge in [0.25, 0.3) is 0 Å². The molecule has 0 aromatic carbocycles. The molecule has 0 saturated heterocycles. The van der Waals surface area contributed by atoms with Crippen molar-refractivity contribution in [3.8, 4) is 0 Å². The predicted molar refractivity (Wildman–Crippen MR) is 127 cm³/mol. The molecule has 0 spiro atoms. The minimum absolute atomic E-state index is 0.0605. The van der Waals surface area contributed by atoms with Crippen molar-refractivity contribution in [2.24, 2.45) is 52.3 Å². The molecule has 4 rings (SSSR count). The lowest BCUT2D eigenvalue weighted by Gasteiger charge is -2.64. The van der Waals surface area contributed by atoms with Gasteiger partial charge in [0.2, 0.25) is 0 Å². The largest absolute Gasteiger partial charge is 0.466 e. The van der Waals surface area contributed by atoms with Crippen LogP contribution < -0.4 is 0 Å². The zero-order valence-electron chi connectivity index (χ0n) is 21.2. The van der Waals surface area contributed by atoms with Crippen molar-refractivity contribution in [1.82, 2.24) is 0 Å². The monoisotopic (exact) mass is 448 g/mol. The molecular weight excluding hydrogens is 400 g/mol. The maximum Gasteiger partial charge on any atom is 0.305 e. The molecule has 32 heavy (non-hydrogen) atoms. The van der Waals surface area contributed by atoms with Crippen LogP contribution >= 0.6 is 0 Å². The highest BCUT2D eigenvalue weighted by molar-refractivity contribution is 5.69. The third-order valence-corrected chi connectivity index (χ3v) is 11.3. The predicted octanol–water partition coefficient (Wildman–Crippen LogP) is 5.59. The maximum absolute atomic E-state index is 11.9. The third-order valence-electron chi connectivity index (χ3n) is 11.3. The van der Waals surface area contributed by atoms with Crippen LogP contribution in [0.2, 0.25) is 0 Å². The van der Waals surface area contributed by atoms with E-state index in [9.17, 15) is 15.0 Å². The number of esters is 1. The first kappa shape index (κ1) is 24.5. The van der Waals surface area contributed by atoms with Gasteiger partial charge in [-0.25, -0.2) is 0 Å². The Bertz CT molecular complexity index is 678. The number of hydrogen-bond donors (Lipinski definition) is 2. The first-order valence-corrected chi connectivity index (χ1v) is 13.7. The molecule has 4 aliphatic carbocycles. The van der Waals surface area contributed by atoms with Gasteiger partial charge in [-0.15, -0.1) is 0 Å². The van der Waals surface area contributed by atoms with E-state index < -0.39 is 0 Å². The minimum atomic E-state index is -0.230. The Labute approximate surface area is 195 Å². The summed E-state index contributed by atoms with van der Waals surface area (Å²) in [5, 5.41) is 22.2. The zero-order chi connectivity index (χ0) is 23.3. The molecule has 4 nitrogen and oxygen atoms in total. The van der Waals surface area contributed by atoms with E-state index in [4.69, 9.17) is 4.74 Å². The second-order valence-electron chi connectivity index (χ2n) is 12.4. The summed E-state index contributed by atoms with van der Waals surface area (Å²) in [5.74, 6) is 3.44. The molecular formula is C28H48O4. The van der Waals surface area contributed by atoms with Gasteiger partial charge in [-0.1, -0.05) is 34.1 Å². The molecule has 0 amide bonds. The molecule has 4 fully saturated rings. The summed E-state index contributed by atoms with van der Waals surface area (Å²) in [4.78, 5) is 11.9. The fourth-order valence-electron chi connectivity index (χ4n) is 9.71. The molecule has 0 radical (unpaired) electrons. The minimum Gasteiger partial charge on any atom is -0.466 e. The summed E-state index contributed by atoms with van der Waals surface area (Å²) in [5.41, 5.74) is 0.532. The highest BCUT2D eigenvalue weighted by Gasteiger charge is 2.64. The van der Waals surface area contributed by atoms with E-state index in [1.165, 1.54) is 25.7 Å². The normalized spacial score (nSPS) is 49.0. The van der Waals surface area contributed by atoms with Gasteiger partial charge in [0.1, 0.15) is 0 Å². The second kappa shape index (κ2) is 9.21. The van der Waals surface area contributed by atoms with Crippen molar-refractivity contribution in [3.05, 3.63) is 0 Å². The van der Waals surface area contributed by atoms with Crippen molar-refractivity contribution >= 4 is 5.97 Å². The third kappa shape index (κ3) is 3.85. The SMILES string of the molecule is CCOC(=O)CC[C@@H](C)[C@H]1CC[C@H]2[C@@H]3[C@H](O)[C@H](CC)C4C[C@H](O)CC[C@]4(C)[C@H]3CC[C@]12C. The lowest BCUT2D eigenvalue weighted by Crippen LogP contribution is -2.62. The smallest absolute Gasteiger partial charge is 0.305 e. The molecule has 184 valence electrons. The van der Waals surface area contributed by atoms with Gasteiger partial charge in [-0.3, -0.25) is 4.79 Å². The Balaban J connectivity index is 1.55. The van der Waals surface area contributed by atoms with Crippen LogP contribution in [0.25, 0.3) is 0 Å². The Morgan fingerprint density at radius 2 is 1.69 bits per heavy atom. The topological polar surface area (TPSA) is 66.8 Å². The van der Waals surface area contributed by atoms with E-state index >= 15 is 0 Å². The summed E-state index contributed by atoms with van der Waals surface area (Å²) in [6.45, 7) is 11.9. The summed E-state index contributed by atoms with van der Waals surface area (Å²) in [7, 11) is 0. The molecule has 0 bridgehead atoms. The second-order valence-corrected chi connectivity index (χ2v) is 12.4. The molecule has 0 aromatic rings. The van der Waals surface area contributed by atoms with Crippen molar-refractivity contribution in [2.75, 3.05) is 6.61 Å². The molecule has 0 aliphatic heterocycles. The fraction of sp³-hybridized carbons (Fsp3) is 0.964. The highest BCUT2D eigenvalue weighted by Crippen LogP contribution is 2.69. The quantitative estimate of drug-likeness (QED) is 0.520. The molecule has 4 saturated carbocycles. The van der Waals surface area contributed by atoms with Crippen LogP contribution in [0.1, 0.15) is 98.8 Å². The Morgan fingerprint density at radius 3 is 2.38 bits per heavy atom. The standard InChI is InChI=1S/C28H48O4/c1-6-19-23-16-18(29)12-14-28(23,5)22-13-15-27(4)20(9-10-21(27)25(22)26(19)31)17(3)8-11-24(30)32-7-2/h17-23,25-26,29,31H,6-16H2,1-5H3/t17-,18-,19-,20-,21+,22+,23?,25+,26-,27-,28-/m1/s1. The average molecular weight is 449 g/mol. The maximum atomic E-state index is 11.9. The van der Waals surface area contributed by atoms with Crippen molar-refractivity contribution in [1.29, 1.82) is 0 Å². The van der Waals surface area contributed by atoms with Gasteiger partial charge < -0.3 is 14.9 Å². The first-order chi connectivity index (χ1) is 15.2. The summed E-state index contributed by atoms with van der Waals surface area (Å²) >= 11 is 0. The van der Waals surface area contributed by atoms with Gasteiger partial charge in [-0.05, 0) is 111 Å². The van der Waals surface area contributed by atoms with E-state index in [1.807, 2.05) is 6.92 Å². The molecule has 11 atom stereocenters. The lowest BCUT2D eigenvalue weighted by molar-refractivity contribution is -0.203. The molecule has 2 N–H and O–H groups in total. The Morgan fingerprint density at radius 1 is 1.00 bits per heavy atom. The Kier molecular flexibility index (Phi) is 7.05. The number of rotatable bonds is 6. The van der Waals surface area contributed by atoms with Crippen molar-refractivity contribution < 1.29 is 19.7 Å². The molecule has 1 unspecified atom stereocenters. The van der Waals surface area contributed by atoms with E-state index in [-0.39, 0.29) is 29.0 Å². The van der Waals surface area contributed by atoms with Crippen molar-refractivity contribution in [2.45, 2.75) is 111 Å². The van der Waals surface area contributed by atoms with Gasteiger partial charge >= 0.3 is 5.97 Å². The van der Waals surface area contributed by atoms with Gasteiger partial charge in [0.15, 0.2) is 0 Å². The van der Waals surface area contributed by atoms with E-state index in [0.29, 0.717) is 54.5 Å². The summed E-state index contributed by atoms with van der Waals surface area (Å²) in [6, 6.07) is 0. The lowest BCUT2D eigenvalue weighted by atomic mass is 9.41. The molecule has 4 aliphatic rings. The van der Waals surface area contributed by atoms with Gasteiger partial charge in [-0.2, -0.15) is 0 Å². The van der Waals surface area contributed by atoms with E-state index in [1.54, 1.807) is 0 Å². The average Bonchev–Trinajstić information content (AvgIpc) is 3.11. The van der Waals surface area contributed by atoms with E-state index in [2.05, 4.69) is 27.7 Å². The van der Waals surface area contributed by atoms with E-state index in [0.717, 1.165) is 32.1 Å². The molecule has 0 heterocycles. The summed E-state index contributed by atoms with van der Waals surface area (Å²) in [6.07, 6.45) is 9.90. The molecule has 0 aromatic heterocycles. The number of carbonyl (C=O) groups is 1. The fourth-order valence-corrected chi connectivity index (χ4v) is 9.71. The van der Waals surface area contributed by atoms with Crippen LogP contribution in [-0.4, -0.2) is 35.0 Å². The van der Waals surface area contributed by atoms with Crippen LogP contribution in [0.4, 0.5) is 0 Å². The Hall–Kier alpha value is -0.610. The van der Waals surface area contributed by atoms with Crippen molar-refractivity contribution in [3.63, 3.8) is 0 Å². The zero-order valence-corrected chi connectivity index (χ0v) is 21.2. The van der Waals surface area contributed by atoms with Gasteiger partial charge in [0, 0.05) is 6.42 Å². The molecule has 4 heteroatoms. The number of carbonyl (C=O) groups excluding carboxylic acids is 1. The van der Waals surface area contributed by atoms with Crippen LogP contribution in [0.3, 0.4) is 0 Å². The van der Waals surface area contributed by atoms with Crippen LogP contribution in [0, 0.1) is 52.3 Å². The number of hydrogen-bond acceptors (Lipinski definition) is 4. The summed E-state index contributed by atoms with van der Waals surface area (Å²) < 4.78 is 5.17. The number of ether oxygens (including phenoxy) is 1. The number of aliphatic hydroxyl groups is 2. The first-order valence-electron chi connectivity index (χ1n) is 13.7. The van der Waals surface area contributed by atoms with Crippen LogP contribution in [0.5, 0.6) is 0 Å². The van der Waals surface area contributed by atoms with Crippen LogP contribution in [-0.2, 0) is 9.53 Å². The van der Waals surface area contributed by atoms with Gasteiger partial charge in [0.05, 0.1) is 18.8 Å². The highest BCUT2D eigenvalue weighted by atomic mass is 16.5.